The van der Waals surface area contributed by atoms with Gasteiger partial charge in [0.2, 0.25) is 0 Å². The minimum Gasteiger partial charge on any atom is -0.308 e. The van der Waals surface area contributed by atoms with Crippen LogP contribution >= 0.6 is 11.3 Å². The molecule has 1 N–H and O–H groups in total. The summed E-state index contributed by atoms with van der Waals surface area (Å²) in [5, 5.41) is 16.1. The van der Waals surface area contributed by atoms with Crippen molar-refractivity contribution in [3.05, 3.63) is 34.3 Å². The smallest absolute Gasteiger partial charge is 0.0964 e. The van der Waals surface area contributed by atoms with E-state index in [1.807, 2.05) is 10.9 Å². The molecular weight excluding hydrogens is 232 g/mol. The standard InChI is InChI=1S/C12H16N4S/c1-2-11(1)13-7-12-8-16(15-14-12)5-3-10-4-6-17-9-10/h4,6,8-9,11,13H,1-3,5,7H2. The molecule has 1 saturated carbocycles. The Bertz CT molecular complexity index is 459. The van der Waals surface area contributed by atoms with E-state index in [9.17, 15) is 0 Å². The first-order chi connectivity index (χ1) is 8.40. The third kappa shape index (κ3) is 3.14. The molecule has 0 bridgehead atoms. The average molecular weight is 248 g/mol. The molecule has 17 heavy (non-hydrogen) atoms. The van der Waals surface area contributed by atoms with E-state index in [-0.39, 0.29) is 0 Å². The summed E-state index contributed by atoms with van der Waals surface area (Å²) in [6, 6.07) is 2.89. The van der Waals surface area contributed by atoms with Crippen LogP contribution in [0.3, 0.4) is 0 Å². The van der Waals surface area contributed by atoms with E-state index < -0.39 is 0 Å². The first-order valence-corrected chi connectivity index (χ1v) is 6.98. The maximum absolute atomic E-state index is 4.17. The van der Waals surface area contributed by atoms with E-state index in [1.54, 1.807) is 11.3 Å². The van der Waals surface area contributed by atoms with Gasteiger partial charge in [0.15, 0.2) is 0 Å². The number of aromatic nitrogens is 3. The predicted molar refractivity (Wildman–Crippen MR) is 67.9 cm³/mol. The Morgan fingerprint density at radius 2 is 2.41 bits per heavy atom. The molecule has 5 heteroatoms. The van der Waals surface area contributed by atoms with Crippen molar-refractivity contribution in [2.45, 2.75) is 38.4 Å². The quantitative estimate of drug-likeness (QED) is 0.848. The number of nitrogens with zero attached hydrogens (tertiary/aromatic N) is 3. The van der Waals surface area contributed by atoms with Crippen LogP contribution in [0.5, 0.6) is 0 Å². The lowest BCUT2D eigenvalue weighted by molar-refractivity contribution is 0.589. The van der Waals surface area contributed by atoms with Gasteiger partial charge in [-0.15, -0.1) is 5.10 Å². The van der Waals surface area contributed by atoms with Crippen LogP contribution in [-0.4, -0.2) is 21.0 Å². The number of thiophene rings is 1. The van der Waals surface area contributed by atoms with Crippen molar-refractivity contribution in [2.24, 2.45) is 0 Å². The molecule has 1 aliphatic carbocycles. The topological polar surface area (TPSA) is 42.7 Å². The lowest BCUT2D eigenvalue weighted by atomic mass is 10.2. The summed E-state index contributed by atoms with van der Waals surface area (Å²) in [6.07, 6.45) is 5.70. The Morgan fingerprint density at radius 3 is 3.18 bits per heavy atom. The fourth-order valence-corrected chi connectivity index (χ4v) is 2.45. The van der Waals surface area contributed by atoms with Gasteiger partial charge in [-0.2, -0.15) is 11.3 Å². The maximum Gasteiger partial charge on any atom is 0.0964 e. The molecule has 2 aromatic heterocycles. The molecule has 90 valence electrons. The lowest BCUT2D eigenvalue weighted by Crippen LogP contribution is -2.15. The minimum absolute atomic E-state index is 0.728. The van der Waals surface area contributed by atoms with Crippen molar-refractivity contribution in [3.63, 3.8) is 0 Å². The average Bonchev–Trinajstić information content (AvgIpc) is 2.86. The summed E-state index contributed by atoms with van der Waals surface area (Å²) in [7, 11) is 0. The van der Waals surface area contributed by atoms with Gasteiger partial charge in [-0.1, -0.05) is 5.21 Å². The number of aryl methyl sites for hydroxylation is 2. The Balaban J connectivity index is 1.49. The van der Waals surface area contributed by atoms with Crippen molar-refractivity contribution in [3.8, 4) is 0 Å². The molecule has 2 heterocycles. The van der Waals surface area contributed by atoms with Crippen LogP contribution in [0.25, 0.3) is 0 Å². The van der Waals surface area contributed by atoms with Gasteiger partial charge in [-0.25, -0.2) is 0 Å². The van der Waals surface area contributed by atoms with Gasteiger partial charge in [0, 0.05) is 25.3 Å². The van der Waals surface area contributed by atoms with Crippen LogP contribution in [0.15, 0.2) is 23.0 Å². The lowest BCUT2D eigenvalue weighted by Gasteiger charge is -1.98. The SMILES string of the molecule is c1cc(CCn2cc(CNC3CC3)nn2)cs1. The Labute approximate surface area is 105 Å². The fourth-order valence-electron chi connectivity index (χ4n) is 1.74. The van der Waals surface area contributed by atoms with Gasteiger partial charge in [0.05, 0.1) is 5.69 Å². The van der Waals surface area contributed by atoms with E-state index >= 15 is 0 Å². The summed E-state index contributed by atoms with van der Waals surface area (Å²) < 4.78 is 1.93. The van der Waals surface area contributed by atoms with Gasteiger partial charge in [-0.3, -0.25) is 4.68 Å². The summed E-state index contributed by atoms with van der Waals surface area (Å²) >= 11 is 1.74. The third-order valence-electron chi connectivity index (χ3n) is 2.94. The van der Waals surface area contributed by atoms with E-state index in [0.29, 0.717) is 0 Å². The van der Waals surface area contributed by atoms with E-state index in [4.69, 9.17) is 0 Å². The molecule has 3 rings (SSSR count). The zero-order chi connectivity index (χ0) is 11.5. The van der Waals surface area contributed by atoms with Gasteiger partial charge < -0.3 is 5.32 Å². The molecule has 0 amide bonds. The first-order valence-electron chi connectivity index (χ1n) is 6.03. The van der Waals surface area contributed by atoms with Gasteiger partial charge in [0.25, 0.3) is 0 Å². The van der Waals surface area contributed by atoms with Crippen molar-refractivity contribution in [1.82, 2.24) is 20.3 Å². The highest BCUT2D eigenvalue weighted by Crippen LogP contribution is 2.18. The molecular formula is C12H16N4S. The molecule has 0 aliphatic heterocycles. The summed E-state index contributed by atoms with van der Waals surface area (Å²) in [5.41, 5.74) is 2.42. The fraction of sp³-hybridized carbons (Fsp3) is 0.500. The van der Waals surface area contributed by atoms with E-state index in [0.717, 1.165) is 31.2 Å². The van der Waals surface area contributed by atoms with Gasteiger partial charge in [0.1, 0.15) is 0 Å². The van der Waals surface area contributed by atoms with Crippen molar-refractivity contribution in [2.75, 3.05) is 0 Å². The van der Waals surface area contributed by atoms with Crippen LogP contribution in [0.4, 0.5) is 0 Å². The largest absolute Gasteiger partial charge is 0.308 e. The number of rotatable bonds is 6. The van der Waals surface area contributed by atoms with Crippen molar-refractivity contribution >= 4 is 11.3 Å². The Morgan fingerprint density at radius 1 is 1.47 bits per heavy atom. The van der Waals surface area contributed by atoms with Crippen LogP contribution in [0, 0.1) is 0 Å². The summed E-state index contributed by atoms with van der Waals surface area (Å²) in [4.78, 5) is 0. The zero-order valence-electron chi connectivity index (χ0n) is 9.67. The van der Waals surface area contributed by atoms with Crippen LogP contribution < -0.4 is 5.32 Å². The molecule has 0 spiro atoms. The Kier molecular flexibility index (Phi) is 3.20. The van der Waals surface area contributed by atoms with Crippen LogP contribution in [0.2, 0.25) is 0 Å². The first kappa shape index (κ1) is 10.9. The monoisotopic (exact) mass is 248 g/mol. The highest BCUT2D eigenvalue weighted by molar-refractivity contribution is 7.07. The van der Waals surface area contributed by atoms with Crippen LogP contribution in [-0.2, 0) is 19.5 Å². The highest BCUT2D eigenvalue weighted by Gasteiger charge is 2.20. The number of nitrogens with one attached hydrogen (secondary N) is 1. The normalized spacial score (nSPS) is 15.3. The van der Waals surface area contributed by atoms with Crippen molar-refractivity contribution in [1.29, 1.82) is 0 Å². The summed E-state index contributed by atoms with van der Waals surface area (Å²) in [5.74, 6) is 0. The molecule has 1 aliphatic rings. The van der Waals surface area contributed by atoms with Gasteiger partial charge >= 0.3 is 0 Å². The maximum atomic E-state index is 4.17. The van der Waals surface area contributed by atoms with Crippen LogP contribution in [0.1, 0.15) is 24.1 Å². The Hall–Kier alpha value is -1.20. The molecule has 0 unspecified atom stereocenters. The molecule has 0 radical (unpaired) electrons. The van der Waals surface area contributed by atoms with E-state index in [1.165, 1.54) is 18.4 Å². The minimum atomic E-state index is 0.728. The number of hydrogen-bond donors (Lipinski definition) is 1. The zero-order valence-corrected chi connectivity index (χ0v) is 10.5. The molecule has 4 nitrogen and oxygen atoms in total. The third-order valence-corrected chi connectivity index (χ3v) is 3.68. The molecule has 2 aromatic rings. The van der Waals surface area contributed by atoms with Gasteiger partial charge in [-0.05, 0) is 41.7 Å². The second-order valence-corrected chi connectivity index (χ2v) is 5.29. The molecule has 1 fully saturated rings. The number of hydrogen-bond acceptors (Lipinski definition) is 4. The molecule has 0 saturated heterocycles. The van der Waals surface area contributed by atoms with Crippen molar-refractivity contribution < 1.29 is 0 Å². The second kappa shape index (κ2) is 4.98. The second-order valence-electron chi connectivity index (χ2n) is 4.51. The predicted octanol–water partition coefficient (Wildman–Crippen LogP) is 1.83. The summed E-state index contributed by atoms with van der Waals surface area (Å²) in [6.45, 7) is 1.76. The van der Waals surface area contributed by atoms with E-state index in [2.05, 4.69) is 32.5 Å². The highest BCUT2D eigenvalue weighted by atomic mass is 32.1. The molecule has 0 atom stereocenters. The molecule has 0 aromatic carbocycles.